The minimum Gasteiger partial charge on any atom is -0.489 e. The summed E-state index contributed by atoms with van der Waals surface area (Å²) in [5.41, 5.74) is 2.64. The first-order chi connectivity index (χ1) is 11.8. The molecule has 0 aromatic heterocycles. The van der Waals surface area contributed by atoms with Crippen molar-refractivity contribution in [2.24, 2.45) is 0 Å². The molecule has 0 radical (unpaired) electrons. The summed E-state index contributed by atoms with van der Waals surface area (Å²) in [7, 11) is 0. The highest BCUT2D eigenvalue weighted by atomic mass is 16.5. The Morgan fingerprint density at radius 1 is 0.708 bits per heavy atom. The maximum atomic E-state index is 9.24. The van der Waals surface area contributed by atoms with Crippen molar-refractivity contribution in [1.29, 1.82) is 5.26 Å². The fraction of sp³-hybridized carbons (Fsp3) is 0.0952. The van der Waals surface area contributed by atoms with Gasteiger partial charge in [-0.2, -0.15) is 5.26 Å². The van der Waals surface area contributed by atoms with Gasteiger partial charge >= 0.3 is 0 Å². The van der Waals surface area contributed by atoms with Gasteiger partial charge in [-0.05, 0) is 23.3 Å². The molecule has 0 N–H and O–H groups in total. The second-order valence-electron chi connectivity index (χ2n) is 5.32. The summed E-state index contributed by atoms with van der Waals surface area (Å²) < 4.78 is 11.6. The van der Waals surface area contributed by atoms with E-state index >= 15 is 0 Å². The zero-order chi connectivity index (χ0) is 16.6. The molecular formula is C21H17NO2. The Labute approximate surface area is 141 Å². The topological polar surface area (TPSA) is 42.2 Å². The van der Waals surface area contributed by atoms with E-state index in [0.717, 1.165) is 11.1 Å². The predicted octanol–water partition coefficient (Wildman–Crippen LogP) is 4.72. The molecule has 3 aromatic rings. The van der Waals surface area contributed by atoms with Crippen LogP contribution in [0.25, 0.3) is 0 Å². The highest BCUT2D eigenvalue weighted by Crippen LogP contribution is 2.26. The summed E-state index contributed by atoms with van der Waals surface area (Å²) in [6.07, 6.45) is 0. The Balaban J connectivity index is 1.69. The van der Waals surface area contributed by atoms with Crippen molar-refractivity contribution in [3.63, 3.8) is 0 Å². The van der Waals surface area contributed by atoms with Gasteiger partial charge in [0.05, 0.1) is 5.56 Å². The lowest BCUT2D eigenvalue weighted by molar-refractivity contribution is 0.289. The largest absolute Gasteiger partial charge is 0.489 e. The van der Waals surface area contributed by atoms with Crippen LogP contribution in [0.4, 0.5) is 0 Å². The van der Waals surface area contributed by atoms with Crippen molar-refractivity contribution < 1.29 is 9.47 Å². The van der Waals surface area contributed by atoms with E-state index in [0.29, 0.717) is 30.3 Å². The fourth-order valence-electron chi connectivity index (χ4n) is 2.28. The molecule has 0 amide bonds. The number of nitriles is 1. The van der Waals surface area contributed by atoms with E-state index in [-0.39, 0.29) is 0 Å². The highest BCUT2D eigenvalue weighted by molar-refractivity contribution is 5.47. The van der Waals surface area contributed by atoms with E-state index in [1.165, 1.54) is 0 Å². The summed E-state index contributed by atoms with van der Waals surface area (Å²) >= 11 is 0. The standard InChI is InChI=1S/C21H17NO2/c22-14-19-11-12-20(23-15-17-7-3-1-4-8-17)13-21(19)24-16-18-9-5-2-6-10-18/h1-13H,15-16H2. The highest BCUT2D eigenvalue weighted by Gasteiger charge is 2.07. The molecule has 0 fully saturated rings. The molecule has 3 rings (SSSR count). The van der Waals surface area contributed by atoms with Crippen molar-refractivity contribution in [3.8, 4) is 17.6 Å². The Kier molecular flexibility index (Phi) is 5.11. The Bertz CT molecular complexity index is 823. The molecule has 0 spiro atoms. The summed E-state index contributed by atoms with van der Waals surface area (Å²) in [5, 5.41) is 9.24. The van der Waals surface area contributed by atoms with E-state index in [1.54, 1.807) is 18.2 Å². The second-order valence-corrected chi connectivity index (χ2v) is 5.32. The normalized spacial score (nSPS) is 9.96. The molecule has 0 bridgehead atoms. The Morgan fingerprint density at radius 2 is 1.29 bits per heavy atom. The van der Waals surface area contributed by atoms with Crippen LogP contribution < -0.4 is 9.47 Å². The van der Waals surface area contributed by atoms with Crippen molar-refractivity contribution >= 4 is 0 Å². The van der Waals surface area contributed by atoms with Gasteiger partial charge in [-0.1, -0.05) is 60.7 Å². The molecule has 0 aliphatic rings. The average Bonchev–Trinajstić information content (AvgIpc) is 2.66. The molecule has 3 nitrogen and oxygen atoms in total. The maximum absolute atomic E-state index is 9.24. The summed E-state index contributed by atoms with van der Waals surface area (Å²) in [6, 6.07) is 27.2. The first kappa shape index (κ1) is 15.6. The molecule has 3 aromatic carbocycles. The van der Waals surface area contributed by atoms with E-state index in [4.69, 9.17) is 9.47 Å². The third-order valence-electron chi connectivity index (χ3n) is 3.56. The molecule has 24 heavy (non-hydrogen) atoms. The monoisotopic (exact) mass is 315 g/mol. The first-order valence-corrected chi connectivity index (χ1v) is 7.73. The predicted molar refractivity (Wildman–Crippen MR) is 92.7 cm³/mol. The van der Waals surface area contributed by atoms with E-state index < -0.39 is 0 Å². The quantitative estimate of drug-likeness (QED) is 0.661. The molecule has 0 aliphatic heterocycles. The smallest absolute Gasteiger partial charge is 0.141 e. The maximum Gasteiger partial charge on any atom is 0.141 e. The Hall–Kier alpha value is -3.25. The third kappa shape index (κ3) is 4.15. The van der Waals surface area contributed by atoms with E-state index in [2.05, 4.69) is 6.07 Å². The first-order valence-electron chi connectivity index (χ1n) is 7.73. The molecule has 0 unspecified atom stereocenters. The lowest BCUT2D eigenvalue weighted by Gasteiger charge is -2.11. The van der Waals surface area contributed by atoms with Crippen LogP contribution in [-0.2, 0) is 13.2 Å². The van der Waals surface area contributed by atoms with Crippen LogP contribution in [0.5, 0.6) is 11.5 Å². The number of hydrogen-bond donors (Lipinski definition) is 0. The SMILES string of the molecule is N#Cc1ccc(OCc2ccccc2)cc1OCc1ccccc1. The van der Waals surface area contributed by atoms with Crippen LogP contribution >= 0.6 is 0 Å². The van der Waals surface area contributed by atoms with Gasteiger partial charge in [0, 0.05) is 6.07 Å². The molecule has 0 saturated heterocycles. The lowest BCUT2D eigenvalue weighted by Crippen LogP contribution is -1.99. The number of nitrogens with zero attached hydrogens (tertiary/aromatic N) is 1. The summed E-state index contributed by atoms with van der Waals surface area (Å²) in [4.78, 5) is 0. The van der Waals surface area contributed by atoms with Gasteiger partial charge in [0.15, 0.2) is 0 Å². The van der Waals surface area contributed by atoms with Crippen molar-refractivity contribution in [3.05, 3.63) is 95.6 Å². The van der Waals surface area contributed by atoms with Crippen molar-refractivity contribution in [1.82, 2.24) is 0 Å². The van der Waals surface area contributed by atoms with Crippen LogP contribution in [0.15, 0.2) is 78.9 Å². The van der Waals surface area contributed by atoms with Gasteiger partial charge in [-0.25, -0.2) is 0 Å². The third-order valence-corrected chi connectivity index (χ3v) is 3.56. The fourth-order valence-corrected chi connectivity index (χ4v) is 2.28. The minimum atomic E-state index is 0.414. The molecule has 0 saturated carbocycles. The molecule has 3 heteroatoms. The molecule has 0 atom stereocenters. The van der Waals surface area contributed by atoms with Gasteiger partial charge in [0.2, 0.25) is 0 Å². The zero-order valence-electron chi connectivity index (χ0n) is 13.2. The van der Waals surface area contributed by atoms with Crippen molar-refractivity contribution in [2.75, 3.05) is 0 Å². The van der Waals surface area contributed by atoms with Crippen LogP contribution in [0.1, 0.15) is 16.7 Å². The summed E-state index contributed by atoms with van der Waals surface area (Å²) in [5.74, 6) is 1.22. The number of rotatable bonds is 6. The average molecular weight is 315 g/mol. The van der Waals surface area contributed by atoms with Crippen LogP contribution in [0, 0.1) is 11.3 Å². The summed E-state index contributed by atoms with van der Waals surface area (Å²) in [6.45, 7) is 0.891. The van der Waals surface area contributed by atoms with Gasteiger partial charge in [0.1, 0.15) is 30.8 Å². The van der Waals surface area contributed by atoms with Crippen molar-refractivity contribution in [2.45, 2.75) is 13.2 Å². The molecule has 0 aliphatic carbocycles. The molecule has 0 heterocycles. The Morgan fingerprint density at radius 3 is 1.88 bits per heavy atom. The van der Waals surface area contributed by atoms with Crippen LogP contribution in [0.3, 0.4) is 0 Å². The van der Waals surface area contributed by atoms with E-state index in [1.807, 2.05) is 60.7 Å². The van der Waals surface area contributed by atoms with Gasteiger partial charge in [0.25, 0.3) is 0 Å². The number of hydrogen-bond acceptors (Lipinski definition) is 3. The minimum absolute atomic E-state index is 0.414. The lowest BCUT2D eigenvalue weighted by atomic mass is 10.2. The zero-order valence-corrected chi connectivity index (χ0v) is 13.2. The second kappa shape index (κ2) is 7.85. The van der Waals surface area contributed by atoms with Crippen LogP contribution in [-0.4, -0.2) is 0 Å². The van der Waals surface area contributed by atoms with Gasteiger partial charge < -0.3 is 9.47 Å². The molecular weight excluding hydrogens is 298 g/mol. The number of benzene rings is 3. The van der Waals surface area contributed by atoms with Gasteiger partial charge in [-0.15, -0.1) is 0 Å². The number of ether oxygens (including phenoxy) is 2. The van der Waals surface area contributed by atoms with E-state index in [9.17, 15) is 5.26 Å². The van der Waals surface area contributed by atoms with Gasteiger partial charge in [-0.3, -0.25) is 0 Å². The molecule has 118 valence electrons. The van der Waals surface area contributed by atoms with Crippen LogP contribution in [0.2, 0.25) is 0 Å².